The van der Waals surface area contributed by atoms with Crippen LogP contribution >= 0.6 is 15.9 Å². The molecule has 0 heterocycles. The number of halogens is 1. The van der Waals surface area contributed by atoms with Crippen LogP contribution in [0.3, 0.4) is 0 Å². The molecule has 0 aliphatic carbocycles. The Kier molecular flexibility index (Phi) is 7.22. The van der Waals surface area contributed by atoms with Crippen molar-refractivity contribution in [3.8, 4) is 0 Å². The van der Waals surface area contributed by atoms with Crippen LogP contribution in [0.5, 0.6) is 0 Å². The average molecular weight is 357 g/mol. The zero-order valence-electron chi connectivity index (χ0n) is 12.3. The fourth-order valence-electron chi connectivity index (χ4n) is 1.85. The van der Waals surface area contributed by atoms with E-state index in [4.69, 9.17) is 5.11 Å². The zero-order chi connectivity index (χ0) is 15.8. The van der Waals surface area contributed by atoms with E-state index in [1.54, 1.807) is 12.1 Å². The molecule has 0 saturated carbocycles. The molecular formula is C15H21BrN2O3. The van der Waals surface area contributed by atoms with Gasteiger partial charge in [0.15, 0.2) is 0 Å². The van der Waals surface area contributed by atoms with Gasteiger partial charge in [0.2, 0.25) is 0 Å². The minimum atomic E-state index is -1.08. The molecule has 0 aliphatic rings. The standard InChI is InChI=1S/C15H21BrN2O3/c1-10(2)5-3-4-8-17-15(21)18-13-7-6-11(16)9-12(13)14(19)20/h6-7,9-10H,3-5,8H2,1-2H3,(H,19,20)(H2,17,18,21). The molecule has 0 radical (unpaired) electrons. The topological polar surface area (TPSA) is 78.4 Å². The highest BCUT2D eigenvalue weighted by Gasteiger charge is 2.12. The molecule has 3 N–H and O–H groups in total. The van der Waals surface area contributed by atoms with E-state index in [2.05, 4.69) is 40.4 Å². The third kappa shape index (κ3) is 6.62. The summed E-state index contributed by atoms with van der Waals surface area (Å²) >= 11 is 3.21. The predicted molar refractivity (Wildman–Crippen MR) is 86.8 cm³/mol. The van der Waals surface area contributed by atoms with Crippen LogP contribution in [0.1, 0.15) is 43.5 Å². The minimum absolute atomic E-state index is 0.0549. The molecule has 21 heavy (non-hydrogen) atoms. The summed E-state index contributed by atoms with van der Waals surface area (Å²) in [5.74, 6) is -0.414. The summed E-state index contributed by atoms with van der Waals surface area (Å²) in [6.07, 6.45) is 3.12. The van der Waals surface area contributed by atoms with E-state index >= 15 is 0 Å². The number of nitrogens with one attached hydrogen (secondary N) is 2. The lowest BCUT2D eigenvalue weighted by Crippen LogP contribution is -2.30. The fraction of sp³-hybridized carbons (Fsp3) is 0.467. The van der Waals surface area contributed by atoms with E-state index in [1.165, 1.54) is 6.07 Å². The van der Waals surface area contributed by atoms with E-state index < -0.39 is 5.97 Å². The Morgan fingerprint density at radius 1 is 1.29 bits per heavy atom. The lowest BCUT2D eigenvalue weighted by Gasteiger charge is -2.10. The molecule has 0 atom stereocenters. The van der Waals surface area contributed by atoms with E-state index in [0.29, 0.717) is 16.9 Å². The third-order valence-corrected chi connectivity index (χ3v) is 3.45. The molecule has 6 heteroatoms. The third-order valence-electron chi connectivity index (χ3n) is 2.95. The molecule has 116 valence electrons. The summed E-state index contributed by atoms with van der Waals surface area (Å²) in [4.78, 5) is 22.9. The van der Waals surface area contributed by atoms with E-state index in [9.17, 15) is 9.59 Å². The van der Waals surface area contributed by atoms with Crippen molar-refractivity contribution in [3.63, 3.8) is 0 Å². The maximum atomic E-state index is 11.7. The van der Waals surface area contributed by atoms with Crippen molar-refractivity contribution in [2.45, 2.75) is 33.1 Å². The molecular weight excluding hydrogens is 336 g/mol. The number of benzene rings is 1. The zero-order valence-corrected chi connectivity index (χ0v) is 13.9. The molecule has 1 aromatic carbocycles. The smallest absolute Gasteiger partial charge is 0.337 e. The maximum absolute atomic E-state index is 11.7. The van der Waals surface area contributed by atoms with Gasteiger partial charge in [0.05, 0.1) is 11.3 Å². The van der Waals surface area contributed by atoms with E-state index in [1.807, 2.05) is 0 Å². The van der Waals surface area contributed by atoms with Gasteiger partial charge in [-0.3, -0.25) is 0 Å². The summed E-state index contributed by atoms with van der Waals surface area (Å²) in [5, 5.41) is 14.4. The lowest BCUT2D eigenvalue weighted by atomic mass is 10.1. The van der Waals surface area contributed by atoms with Crippen LogP contribution in [0.2, 0.25) is 0 Å². The second kappa shape index (κ2) is 8.67. The molecule has 1 aromatic rings. The Morgan fingerprint density at radius 3 is 2.62 bits per heavy atom. The summed E-state index contributed by atoms with van der Waals surface area (Å²) in [6.45, 7) is 4.92. The van der Waals surface area contributed by atoms with Crippen molar-refractivity contribution in [1.82, 2.24) is 5.32 Å². The Labute approximate surface area is 133 Å². The number of carboxylic acid groups (broad SMARTS) is 1. The molecule has 0 unspecified atom stereocenters. The molecule has 0 saturated heterocycles. The van der Waals surface area contributed by atoms with Crippen molar-refractivity contribution < 1.29 is 14.7 Å². The molecule has 1 rings (SSSR count). The number of aromatic carboxylic acids is 1. The van der Waals surface area contributed by atoms with Crippen LogP contribution in [0.15, 0.2) is 22.7 Å². The molecule has 0 aromatic heterocycles. The number of anilines is 1. The van der Waals surface area contributed by atoms with Crippen LogP contribution in [0, 0.1) is 5.92 Å². The van der Waals surface area contributed by atoms with Gasteiger partial charge in [-0.05, 0) is 30.5 Å². The van der Waals surface area contributed by atoms with Crippen LogP contribution in [0.4, 0.5) is 10.5 Å². The summed E-state index contributed by atoms with van der Waals surface area (Å²) in [7, 11) is 0. The Bertz CT molecular complexity index is 504. The van der Waals surface area contributed by atoms with Gasteiger partial charge in [-0.1, -0.05) is 42.6 Å². The second-order valence-electron chi connectivity index (χ2n) is 5.27. The van der Waals surface area contributed by atoms with Crippen molar-refractivity contribution in [2.75, 3.05) is 11.9 Å². The summed E-state index contributed by atoms with van der Waals surface area (Å²) in [5.41, 5.74) is 0.338. The average Bonchev–Trinajstić information content (AvgIpc) is 2.39. The van der Waals surface area contributed by atoms with Gasteiger partial charge < -0.3 is 15.7 Å². The number of hydrogen-bond acceptors (Lipinski definition) is 2. The summed E-state index contributed by atoms with van der Waals surface area (Å²) < 4.78 is 0.652. The molecule has 2 amide bonds. The lowest BCUT2D eigenvalue weighted by molar-refractivity contribution is 0.0698. The minimum Gasteiger partial charge on any atom is -0.478 e. The van der Waals surface area contributed by atoms with Gasteiger partial charge in [-0.25, -0.2) is 9.59 Å². The first-order valence-electron chi connectivity index (χ1n) is 6.98. The highest BCUT2D eigenvalue weighted by molar-refractivity contribution is 9.10. The normalized spacial score (nSPS) is 10.5. The number of carboxylic acids is 1. The number of carbonyl (C=O) groups is 2. The SMILES string of the molecule is CC(C)CCCCNC(=O)Nc1ccc(Br)cc1C(=O)O. The van der Waals surface area contributed by atoms with E-state index in [-0.39, 0.29) is 17.3 Å². The van der Waals surface area contributed by atoms with Crippen molar-refractivity contribution in [1.29, 1.82) is 0 Å². The van der Waals surface area contributed by atoms with Crippen LogP contribution in [-0.2, 0) is 0 Å². The molecule has 0 aliphatic heterocycles. The Hall–Kier alpha value is -1.56. The van der Waals surface area contributed by atoms with Gasteiger partial charge in [-0.2, -0.15) is 0 Å². The fourth-order valence-corrected chi connectivity index (χ4v) is 2.21. The quantitative estimate of drug-likeness (QED) is 0.643. The monoisotopic (exact) mass is 356 g/mol. The van der Waals surface area contributed by atoms with Gasteiger partial charge in [-0.15, -0.1) is 0 Å². The molecule has 0 spiro atoms. The van der Waals surface area contributed by atoms with Gasteiger partial charge in [0, 0.05) is 11.0 Å². The number of rotatable bonds is 7. The first-order valence-corrected chi connectivity index (χ1v) is 7.77. The number of urea groups is 1. The number of amides is 2. The number of carbonyl (C=O) groups excluding carboxylic acids is 1. The van der Waals surface area contributed by atoms with Crippen LogP contribution in [-0.4, -0.2) is 23.7 Å². The van der Waals surface area contributed by atoms with Gasteiger partial charge in [0.1, 0.15) is 0 Å². The highest BCUT2D eigenvalue weighted by Crippen LogP contribution is 2.21. The van der Waals surface area contributed by atoms with Crippen molar-refractivity contribution >= 4 is 33.6 Å². The highest BCUT2D eigenvalue weighted by atomic mass is 79.9. The Balaban J connectivity index is 2.46. The van der Waals surface area contributed by atoms with Gasteiger partial charge >= 0.3 is 12.0 Å². The van der Waals surface area contributed by atoms with Crippen LogP contribution < -0.4 is 10.6 Å². The largest absolute Gasteiger partial charge is 0.478 e. The number of hydrogen-bond donors (Lipinski definition) is 3. The second-order valence-corrected chi connectivity index (χ2v) is 6.18. The van der Waals surface area contributed by atoms with Gasteiger partial charge in [0.25, 0.3) is 0 Å². The molecule has 0 bridgehead atoms. The predicted octanol–water partition coefficient (Wildman–Crippen LogP) is 4.10. The first-order chi connectivity index (χ1) is 9.90. The molecule has 5 nitrogen and oxygen atoms in total. The van der Waals surface area contributed by atoms with Crippen molar-refractivity contribution in [2.24, 2.45) is 5.92 Å². The van der Waals surface area contributed by atoms with Crippen LogP contribution in [0.25, 0.3) is 0 Å². The van der Waals surface area contributed by atoms with E-state index in [0.717, 1.165) is 19.3 Å². The number of unbranched alkanes of at least 4 members (excludes halogenated alkanes) is 1. The molecule has 0 fully saturated rings. The maximum Gasteiger partial charge on any atom is 0.337 e. The Morgan fingerprint density at radius 2 is 2.00 bits per heavy atom. The first kappa shape index (κ1) is 17.5. The summed E-state index contributed by atoms with van der Waals surface area (Å²) in [6, 6.07) is 4.32. The van der Waals surface area contributed by atoms with Crippen molar-refractivity contribution in [3.05, 3.63) is 28.2 Å².